The monoisotopic (exact) mass is 325 g/mol. The second-order valence-corrected chi connectivity index (χ2v) is 5.76. The van der Waals surface area contributed by atoms with Crippen LogP contribution in [-0.4, -0.2) is 34.1 Å². The topological polar surface area (TPSA) is 59.2 Å². The lowest BCUT2D eigenvalue weighted by atomic mass is 10.1. The highest BCUT2D eigenvalue weighted by molar-refractivity contribution is 6.35. The Morgan fingerprint density at radius 2 is 2.00 bits per heavy atom. The summed E-state index contributed by atoms with van der Waals surface area (Å²) >= 11 is 12.0. The molecule has 1 aliphatic heterocycles. The summed E-state index contributed by atoms with van der Waals surface area (Å²) in [6.45, 7) is 1.50. The molecule has 21 heavy (non-hydrogen) atoms. The number of carbonyl (C=O) groups excluding carboxylic acids is 1. The van der Waals surface area contributed by atoms with Crippen molar-refractivity contribution in [3.05, 3.63) is 45.6 Å². The second kappa shape index (κ2) is 6.03. The molecule has 5 nitrogen and oxygen atoms in total. The van der Waals surface area contributed by atoms with Gasteiger partial charge in [-0.25, -0.2) is 0 Å². The number of hydrogen-bond acceptors (Lipinski definition) is 4. The quantitative estimate of drug-likeness (QED) is 0.869. The standard InChI is InChI=1S/C14H13Cl2N3O2/c15-10-4-3-9(11(16)8-10)7-12-17-18-13(21-12)14(20)19-5-1-2-6-19/h3-4,8H,1-2,5-7H2. The Bertz CT molecular complexity index is 666. The van der Waals surface area contributed by atoms with Gasteiger partial charge in [-0.1, -0.05) is 29.3 Å². The predicted octanol–water partition coefficient (Wildman–Crippen LogP) is 3.20. The van der Waals surface area contributed by atoms with Crippen molar-refractivity contribution < 1.29 is 9.21 Å². The normalized spacial score (nSPS) is 14.7. The van der Waals surface area contributed by atoms with Crippen LogP contribution in [-0.2, 0) is 6.42 Å². The lowest BCUT2D eigenvalue weighted by Gasteiger charge is -2.11. The summed E-state index contributed by atoms with van der Waals surface area (Å²) in [4.78, 5) is 13.8. The first-order valence-electron chi connectivity index (χ1n) is 6.69. The third-order valence-electron chi connectivity index (χ3n) is 3.40. The van der Waals surface area contributed by atoms with Gasteiger partial charge in [-0.15, -0.1) is 10.2 Å². The molecule has 0 saturated carbocycles. The molecule has 0 bridgehead atoms. The Labute approximate surface area is 131 Å². The van der Waals surface area contributed by atoms with E-state index in [9.17, 15) is 4.79 Å². The lowest BCUT2D eigenvalue weighted by Crippen LogP contribution is -2.27. The van der Waals surface area contributed by atoms with Crippen molar-refractivity contribution in [3.63, 3.8) is 0 Å². The van der Waals surface area contributed by atoms with Crippen molar-refractivity contribution in [2.24, 2.45) is 0 Å². The van der Waals surface area contributed by atoms with Crippen LogP contribution in [0, 0.1) is 0 Å². The van der Waals surface area contributed by atoms with Gasteiger partial charge in [0.05, 0.1) is 6.42 Å². The molecule has 2 heterocycles. The largest absolute Gasteiger partial charge is 0.417 e. The maximum absolute atomic E-state index is 12.1. The Hall–Kier alpha value is -1.59. The van der Waals surface area contributed by atoms with Crippen molar-refractivity contribution >= 4 is 29.1 Å². The highest BCUT2D eigenvalue weighted by atomic mass is 35.5. The number of halogens is 2. The SMILES string of the molecule is O=C(c1nnc(Cc2ccc(Cl)cc2Cl)o1)N1CCCC1. The minimum atomic E-state index is -0.201. The Morgan fingerprint density at radius 3 is 2.71 bits per heavy atom. The molecule has 0 N–H and O–H groups in total. The van der Waals surface area contributed by atoms with E-state index in [4.69, 9.17) is 27.6 Å². The van der Waals surface area contributed by atoms with Gasteiger partial charge in [0, 0.05) is 23.1 Å². The van der Waals surface area contributed by atoms with Crippen molar-refractivity contribution in [3.8, 4) is 0 Å². The Morgan fingerprint density at radius 1 is 1.24 bits per heavy atom. The minimum Gasteiger partial charge on any atom is -0.417 e. The molecule has 0 aliphatic carbocycles. The smallest absolute Gasteiger partial charge is 0.311 e. The van der Waals surface area contributed by atoms with Crippen molar-refractivity contribution in [1.29, 1.82) is 0 Å². The number of aromatic nitrogens is 2. The van der Waals surface area contributed by atoms with Gasteiger partial charge < -0.3 is 9.32 Å². The molecule has 7 heteroatoms. The third kappa shape index (κ3) is 3.19. The van der Waals surface area contributed by atoms with Gasteiger partial charge in [-0.3, -0.25) is 4.79 Å². The van der Waals surface area contributed by atoms with Crippen LogP contribution in [0.1, 0.15) is 35.0 Å². The van der Waals surface area contributed by atoms with E-state index >= 15 is 0 Å². The summed E-state index contributed by atoms with van der Waals surface area (Å²) in [6, 6.07) is 5.21. The zero-order valence-corrected chi connectivity index (χ0v) is 12.7. The van der Waals surface area contributed by atoms with Crippen LogP contribution in [0.25, 0.3) is 0 Å². The molecule has 0 unspecified atom stereocenters. The Kier molecular flexibility index (Phi) is 4.12. The van der Waals surface area contributed by atoms with Gasteiger partial charge in [0.2, 0.25) is 5.89 Å². The summed E-state index contributed by atoms with van der Waals surface area (Å²) in [6.07, 6.45) is 2.41. The number of benzene rings is 1. The zero-order chi connectivity index (χ0) is 14.8. The van der Waals surface area contributed by atoms with E-state index in [2.05, 4.69) is 10.2 Å². The van der Waals surface area contributed by atoms with Crippen LogP contribution >= 0.6 is 23.2 Å². The van der Waals surface area contributed by atoms with Crippen LogP contribution in [0.2, 0.25) is 10.0 Å². The summed E-state index contributed by atoms with van der Waals surface area (Å²) in [5.74, 6) is 0.201. The minimum absolute atomic E-state index is 0.0389. The molecule has 1 aromatic carbocycles. The molecular weight excluding hydrogens is 313 g/mol. The van der Waals surface area contributed by atoms with Crippen LogP contribution in [0.15, 0.2) is 22.6 Å². The first kappa shape index (κ1) is 14.4. The van der Waals surface area contributed by atoms with Gasteiger partial charge in [-0.05, 0) is 30.5 Å². The van der Waals surface area contributed by atoms with E-state index in [-0.39, 0.29) is 11.8 Å². The molecule has 1 aliphatic rings. The second-order valence-electron chi connectivity index (χ2n) is 4.91. The van der Waals surface area contributed by atoms with Crippen molar-refractivity contribution in [2.75, 3.05) is 13.1 Å². The van der Waals surface area contributed by atoms with Crippen LogP contribution in [0.5, 0.6) is 0 Å². The van der Waals surface area contributed by atoms with E-state index in [0.29, 0.717) is 22.4 Å². The predicted molar refractivity (Wildman–Crippen MR) is 78.7 cm³/mol. The van der Waals surface area contributed by atoms with Gasteiger partial charge in [-0.2, -0.15) is 0 Å². The summed E-state index contributed by atoms with van der Waals surface area (Å²) < 4.78 is 5.44. The molecule has 1 fully saturated rings. The van der Waals surface area contributed by atoms with Gasteiger partial charge >= 0.3 is 11.8 Å². The highest BCUT2D eigenvalue weighted by Crippen LogP contribution is 2.23. The maximum atomic E-state index is 12.1. The summed E-state index contributed by atoms with van der Waals surface area (Å²) in [7, 11) is 0. The van der Waals surface area contributed by atoms with Crippen LogP contribution in [0.3, 0.4) is 0 Å². The first-order chi connectivity index (χ1) is 10.1. The van der Waals surface area contributed by atoms with Crippen LogP contribution in [0.4, 0.5) is 0 Å². The Balaban J connectivity index is 1.74. The summed E-state index contributed by atoms with van der Waals surface area (Å²) in [5, 5.41) is 8.84. The molecule has 1 amide bonds. The number of nitrogens with zero attached hydrogens (tertiary/aromatic N) is 3. The first-order valence-corrected chi connectivity index (χ1v) is 7.44. The van der Waals surface area contributed by atoms with E-state index < -0.39 is 0 Å². The number of hydrogen-bond donors (Lipinski definition) is 0. The van der Waals surface area contributed by atoms with E-state index in [1.807, 2.05) is 0 Å². The molecule has 0 spiro atoms. The fraction of sp³-hybridized carbons (Fsp3) is 0.357. The molecule has 110 valence electrons. The fourth-order valence-electron chi connectivity index (χ4n) is 2.29. The summed E-state index contributed by atoms with van der Waals surface area (Å²) in [5.41, 5.74) is 0.824. The molecule has 3 rings (SSSR count). The third-order valence-corrected chi connectivity index (χ3v) is 3.99. The molecule has 1 aromatic heterocycles. The van der Waals surface area contributed by atoms with Crippen LogP contribution < -0.4 is 0 Å². The van der Waals surface area contributed by atoms with E-state index in [0.717, 1.165) is 31.5 Å². The molecule has 1 saturated heterocycles. The van der Waals surface area contributed by atoms with Crippen molar-refractivity contribution in [2.45, 2.75) is 19.3 Å². The molecule has 0 atom stereocenters. The number of amides is 1. The van der Waals surface area contributed by atoms with Gasteiger partial charge in [0.25, 0.3) is 0 Å². The van der Waals surface area contributed by atoms with E-state index in [1.165, 1.54) is 0 Å². The highest BCUT2D eigenvalue weighted by Gasteiger charge is 2.24. The van der Waals surface area contributed by atoms with E-state index in [1.54, 1.807) is 23.1 Å². The van der Waals surface area contributed by atoms with Crippen molar-refractivity contribution in [1.82, 2.24) is 15.1 Å². The molecule has 2 aromatic rings. The average Bonchev–Trinajstić information content (AvgIpc) is 3.12. The van der Waals surface area contributed by atoms with Gasteiger partial charge in [0.15, 0.2) is 0 Å². The number of carbonyl (C=O) groups is 1. The average molecular weight is 326 g/mol. The van der Waals surface area contributed by atoms with Gasteiger partial charge in [0.1, 0.15) is 0 Å². The zero-order valence-electron chi connectivity index (χ0n) is 11.2. The fourth-order valence-corrected chi connectivity index (χ4v) is 2.77. The maximum Gasteiger partial charge on any atom is 0.311 e. The molecule has 0 radical (unpaired) electrons. The number of rotatable bonds is 3. The lowest BCUT2D eigenvalue weighted by molar-refractivity contribution is 0.0751. The molecular formula is C14H13Cl2N3O2. The number of likely N-dealkylation sites (tertiary alicyclic amines) is 1.